The summed E-state index contributed by atoms with van der Waals surface area (Å²) in [6.07, 6.45) is 1.81. The molecule has 18 heavy (non-hydrogen) atoms. The molecule has 0 aliphatic carbocycles. The van der Waals surface area contributed by atoms with E-state index in [4.69, 9.17) is 4.42 Å². The van der Waals surface area contributed by atoms with Crippen LogP contribution >= 0.6 is 22.6 Å². The summed E-state index contributed by atoms with van der Waals surface area (Å²) in [7, 11) is 0. The van der Waals surface area contributed by atoms with E-state index in [2.05, 4.69) is 45.0 Å². The molecule has 2 heterocycles. The van der Waals surface area contributed by atoms with Crippen LogP contribution in [0.25, 0.3) is 10.9 Å². The minimum atomic E-state index is 0.689. The lowest BCUT2D eigenvalue weighted by Crippen LogP contribution is -1.97. The van der Waals surface area contributed by atoms with Crippen molar-refractivity contribution in [2.45, 2.75) is 6.54 Å². The van der Waals surface area contributed by atoms with E-state index in [1.807, 2.05) is 30.3 Å². The van der Waals surface area contributed by atoms with E-state index in [9.17, 15) is 0 Å². The van der Waals surface area contributed by atoms with Crippen LogP contribution in [0.1, 0.15) is 5.76 Å². The van der Waals surface area contributed by atoms with Crippen molar-refractivity contribution in [3.05, 3.63) is 58.2 Å². The van der Waals surface area contributed by atoms with Crippen LogP contribution in [0.5, 0.6) is 0 Å². The Morgan fingerprint density at radius 2 is 2.11 bits per heavy atom. The van der Waals surface area contributed by atoms with Gasteiger partial charge in [-0.05, 0) is 59.0 Å². The van der Waals surface area contributed by atoms with E-state index < -0.39 is 0 Å². The number of halogens is 1. The Kier molecular flexibility index (Phi) is 3.19. The average molecular weight is 350 g/mol. The molecule has 0 aliphatic rings. The highest BCUT2D eigenvalue weighted by Gasteiger charge is 2.00. The third-order valence-electron chi connectivity index (χ3n) is 2.70. The number of nitrogens with one attached hydrogen (secondary N) is 1. The SMILES string of the molecule is Ic1ccc(CNc2ccc3ncccc3c2)o1. The molecule has 0 saturated heterocycles. The molecule has 3 rings (SSSR count). The molecular weight excluding hydrogens is 339 g/mol. The first kappa shape index (κ1) is 11.5. The number of fused-ring (bicyclic) bond motifs is 1. The van der Waals surface area contributed by atoms with Gasteiger partial charge in [-0.2, -0.15) is 0 Å². The van der Waals surface area contributed by atoms with Gasteiger partial charge < -0.3 is 9.73 Å². The summed E-state index contributed by atoms with van der Waals surface area (Å²) in [5.74, 6) is 0.936. The van der Waals surface area contributed by atoms with E-state index >= 15 is 0 Å². The Morgan fingerprint density at radius 3 is 2.94 bits per heavy atom. The number of hydrogen-bond donors (Lipinski definition) is 1. The molecule has 4 heteroatoms. The van der Waals surface area contributed by atoms with Gasteiger partial charge in [0.05, 0.1) is 12.1 Å². The largest absolute Gasteiger partial charge is 0.454 e. The highest BCUT2D eigenvalue weighted by Crippen LogP contribution is 2.18. The molecule has 0 unspecified atom stereocenters. The van der Waals surface area contributed by atoms with Crippen LogP contribution in [0.4, 0.5) is 5.69 Å². The second-order valence-corrected chi connectivity index (χ2v) is 5.03. The second-order valence-electron chi connectivity index (χ2n) is 3.97. The number of rotatable bonds is 3. The van der Waals surface area contributed by atoms with Crippen molar-refractivity contribution in [3.8, 4) is 0 Å². The van der Waals surface area contributed by atoms with Crippen LogP contribution in [-0.2, 0) is 6.54 Å². The fourth-order valence-electron chi connectivity index (χ4n) is 1.82. The third-order valence-corrected chi connectivity index (χ3v) is 3.28. The van der Waals surface area contributed by atoms with Gasteiger partial charge in [0.1, 0.15) is 5.76 Å². The van der Waals surface area contributed by atoms with E-state index in [1.165, 1.54) is 0 Å². The predicted octanol–water partition coefficient (Wildman–Crippen LogP) is 4.04. The van der Waals surface area contributed by atoms with Gasteiger partial charge >= 0.3 is 0 Å². The van der Waals surface area contributed by atoms with Crippen molar-refractivity contribution in [3.63, 3.8) is 0 Å². The smallest absolute Gasteiger partial charge is 0.164 e. The molecule has 90 valence electrons. The van der Waals surface area contributed by atoms with E-state index in [1.54, 1.807) is 6.20 Å². The molecule has 0 bridgehead atoms. The Balaban J connectivity index is 1.78. The molecule has 0 radical (unpaired) electrons. The summed E-state index contributed by atoms with van der Waals surface area (Å²) >= 11 is 2.16. The zero-order valence-corrected chi connectivity index (χ0v) is 11.7. The van der Waals surface area contributed by atoms with E-state index in [0.717, 1.165) is 26.1 Å². The first-order valence-corrected chi connectivity index (χ1v) is 6.72. The van der Waals surface area contributed by atoms with Crippen LogP contribution in [-0.4, -0.2) is 4.98 Å². The standard InChI is InChI=1S/C14H11IN2O/c15-14-6-4-12(18-14)9-17-11-3-5-13-10(8-11)2-1-7-16-13/h1-8,17H,9H2. The number of hydrogen-bond acceptors (Lipinski definition) is 3. The molecule has 1 N–H and O–H groups in total. The van der Waals surface area contributed by atoms with Crippen molar-refractivity contribution in [1.82, 2.24) is 4.98 Å². The molecule has 0 aliphatic heterocycles. The van der Waals surface area contributed by atoms with Crippen LogP contribution < -0.4 is 5.32 Å². The number of benzene rings is 1. The zero-order chi connectivity index (χ0) is 12.4. The summed E-state index contributed by atoms with van der Waals surface area (Å²) in [5.41, 5.74) is 2.08. The normalized spacial score (nSPS) is 10.7. The Labute approximate surface area is 118 Å². The quantitative estimate of drug-likeness (QED) is 0.725. The van der Waals surface area contributed by atoms with Gasteiger partial charge in [0.2, 0.25) is 0 Å². The lowest BCUT2D eigenvalue weighted by atomic mass is 10.2. The van der Waals surface area contributed by atoms with Crippen molar-refractivity contribution >= 4 is 39.2 Å². The number of anilines is 1. The molecule has 0 atom stereocenters. The highest BCUT2D eigenvalue weighted by molar-refractivity contribution is 14.1. The summed E-state index contributed by atoms with van der Waals surface area (Å²) < 4.78 is 6.41. The number of nitrogens with zero attached hydrogens (tertiary/aromatic N) is 1. The maximum absolute atomic E-state index is 5.50. The van der Waals surface area contributed by atoms with Crippen molar-refractivity contribution in [1.29, 1.82) is 0 Å². The Bertz CT molecular complexity index is 678. The minimum absolute atomic E-state index is 0.689. The Morgan fingerprint density at radius 1 is 1.17 bits per heavy atom. The third kappa shape index (κ3) is 2.48. The molecule has 1 aromatic carbocycles. The van der Waals surface area contributed by atoms with Crippen molar-refractivity contribution in [2.24, 2.45) is 0 Å². The lowest BCUT2D eigenvalue weighted by molar-refractivity contribution is 0.493. The highest BCUT2D eigenvalue weighted by atomic mass is 127. The molecule has 0 spiro atoms. The number of pyridine rings is 1. The van der Waals surface area contributed by atoms with Crippen molar-refractivity contribution in [2.75, 3.05) is 5.32 Å². The lowest BCUT2D eigenvalue weighted by Gasteiger charge is -2.05. The minimum Gasteiger partial charge on any atom is -0.454 e. The predicted molar refractivity (Wildman–Crippen MR) is 80.5 cm³/mol. The van der Waals surface area contributed by atoms with E-state index in [0.29, 0.717) is 6.54 Å². The molecule has 0 fully saturated rings. The van der Waals surface area contributed by atoms with Crippen LogP contribution in [0.3, 0.4) is 0 Å². The number of furan rings is 1. The Hall–Kier alpha value is -1.56. The van der Waals surface area contributed by atoms with Gasteiger partial charge in [0, 0.05) is 17.3 Å². The van der Waals surface area contributed by atoms with Gasteiger partial charge in [-0.1, -0.05) is 6.07 Å². The summed E-state index contributed by atoms with van der Waals surface area (Å²) in [6.45, 7) is 0.689. The van der Waals surface area contributed by atoms with Crippen molar-refractivity contribution < 1.29 is 4.42 Å². The van der Waals surface area contributed by atoms with Gasteiger partial charge in [-0.25, -0.2) is 0 Å². The fourth-order valence-corrected chi connectivity index (χ4v) is 2.28. The summed E-state index contributed by atoms with van der Waals surface area (Å²) in [5, 5.41) is 4.48. The first-order chi connectivity index (χ1) is 8.81. The molecule has 2 aromatic heterocycles. The van der Waals surface area contributed by atoms with Gasteiger partial charge in [0.15, 0.2) is 3.77 Å². The maximum Gasteiger partial charge on any atom is 0.164 e. The maximum atomic E-state index is 5.50. The molecule has 3 aromatic rings. The van der Waals surface area contributed by atoms with Crippen LogP contribution in [0.15, 0.2) is 53.1 Å². The van der Waals surface area contributed by atoms with Gasteiger partial charge in [0.25, 0.3) is 0 Å². The monoisotopic (exact) mass is 350 g/mol. The topological polar surface area (TPSA) is 38.1 Å². The summed E-state index contributed by atoms with van der Waals surface area (Å²) in [6, 6.07) is 14.1. The van der Waals surface area contributed by atoms with Gasteiger partial charge in [-0.3, -0.25) is 4.98 Å². The van der Waals surface area contributed by atoms with Gasteiger partial charge in [-0.15, -0.1) is 0 Å². The molecule has 3 nitrogen and oxygen atoms in total. The zero-order valence-electron chi connectivity index (χ0n) is 9.56. The fraction of sp³-hybridized carbons (Fsp3) is 0.0714. The van der Waals surface area contributed by atoms with Crippen LogP contribution in [0, 0.1) is 3.77 Å². The first-order valence-electron chi connectivity index (χ1n) is 5.64. The second kappa shape index (κ2) is 4.97. The summed E-state index contributed by atoms with van der Waals surface area (Å²) in [4.78, 5) is 4.30. The average Bonchev–Trinajstić information content (AvgIpc) is 2.82. The number of aromatic nitrogens is 1. The molecule has 0 amide bonds. The van der Waals surface area contributed by atoms with E-state index in [-0.39, 0.29) is 0 Å². The molecular formula is C14H11IN2O. The molecule has 0 saturated carbocycles. The van der Waals surface area contributed by atoms with Crippen LogP contribution in [0.2, 0.25) is 0 Å².